The average Bonchev–Trinajstić information content (AvgIpc) is 3.22. The van der Waals surface area contributed by atoms with Gasteiger partial charge in [0.05, 0.1) is 11.3 Å². The zero-order valence-electron chi connectivity index (χ0n) is 18.9. The Morgan fingerprint density at radius 1 is 0.647 bits per heavy atom. The maximum Gasteiger partial charge on any atom is 0.195 e. The summed E-state index contributed by atoms with van der Waals surface area (Å²) in [4.78, 5) is 17.7. The number of nitrogens with one attached hydrogen (secondary N) is 1. The van der Waals surface area contributed by atoms with E-state index in [4.69, 9.17) is 0 Å². The largest absolute Gasteiger partial charge is 0.354 e. The summed E-state index contributed by atoms with van der Waals surface area (Å²) < 4.78 is 0. The molecule has 2 aliphatic rings. The Balaban J connectivity index is 1.78. The molecule has 4 aromatic rings. The van der Waals surface area contributed by atoms with Crippen LogP contribution in [0.2, 0.25) is 0 Å². The molecule has 1 aliphatic carbocycles. The number of rotatable bonds is 4. The Morgan fingerprint density at radius 2 is 1.26 bits per heavy atom. The summed E-state index contributed by atoms with van der Waals surface area (Å²) in [7, 11) is 0. The van der Waals surface area contributed by atoms with Crippen LogP contribution in [0.4, 0.5) is 0 Å². The van der Waals surface area contributed by atoms with Gasteiger partial charge in [0.15, 0.2) is 5.78 Å². The van der Waals surface area contributed by atoms with Gasteiger partial charge in [-0.3, -0.25) is 4.79 Å². The molecule has 0 radical (unpaired) electrons. The van der Waals surface area contributed by atoms with E-state index in [1.165, 1.54) is 5.56 Å². The molecule has 162 valence electrons. The first kappa shape index (κ1) is 20.2. The molecule has 0 saturated heterocycles. The molecule has 0 unspecified atom stereocenters. The monoisotopic (exact) mass is 437 g/mol. The summed E-state index contributed by atoms with van der Waals surface area (Å²) in [6.45, 7) is 2.08. The summed E-state index contributed by atoms with van der Waals surface area (Å²) in [5.74, 6) is 0.0230. The number of para-hydroxylation sites is 1. The van der Waals surface area contributed by atoms with Crippen LogP contribution < -0.4 is 0 Å². The Bertz CT molecular complexity index is 1590. The van der Waals surface area contributed by atoms with Crippen molar-refractivity contribution in [1.29, 1.82) is 0 Å². The highest BCUT2D eigenvalue weighted by atomic mass is 16.1. The number of hydrogen-bond acceptors (Lipinski definition) is 1. The molecule has 1 heterocycles. The van der Waals surface area contributed by atoms with Crippen LogP contribution in [-0.2, 0) is 0 Å². The Hall–Kier alpha value is -4.43. The molecule has 0 saturated carbocycles. The van der Waals surface area contributed by atoms with Gasteiger partial charge in [-0.1, -0.05) is 109 Å². The van der Waals surface area contributed by atoms with E-state index in [1.54, 1.807) is 0 Å². The maximum atomic E-state index is 14.1. The minimum Gasteiger partial charge on any atom is -0.354 e. The topological polar surface area (TPSA) is 32.9 Å². The Kier molecular flexibility index (Phi) is 4.85. The summed E-state index contributed by atoms with van der Waals surface area (Å²) in [6, 6.07) is 38.8. The number of aromatic amines is 1. The van der Waals surface area contributed by atoms with Crippen LogP contribution in [-0.4, -0.2) is 10.8 Å². The van der Waals surface area contributed by atoms with Crippen LogP contribution in [0.5, 0.6) is 0 Å². The van der Waals surface area contributed by atoms with Crippen molar-refractivity contribution >= 4 is 16.7 Å². The SMILES string of the molecule is Cc1ccc(-c2c(C(=O)c3ccccc3)c3[nH]c4ccccc4cc-3c2-c2ccccc2)cc1. The van der Waals surface area contributed by atoms with E-state index in [1.807, 2.05) is 48.5 Å². The number of benzene rings is 4. The number of carbonyl (C=O) groups excluding carboxylic acids is 1. The number of aromatic nitrogens is 1. The average molecular weight is 438 g/mol. The fraction of sp³-hybridized carbons (Fsp3) is 0.0312. The number of pyridine rings is 1. The molecule has 0 amide bonds. The van der Waals surface area contributed by atoms with Gasteiger partial charge in [-0.25, -0.2) is 0 Å². The van der Waals surface area contributed by atoms with E-state index in [-0.39, 0.29) is 5.78 Å². The van der Waals surface area contributed by atoms with Crippen LogP contribution in [0.3, 0.4) is 0 Å². The number of aryl methyl sites for hydroxylation is 1. The molecule has 0 bridgehead atoms. The Labute approximate surface area is 198 Å². The highest BCUT2D eigenvalue weighted by Gasteiger charge is 2.30. The predicted octanol–water partition coefficient (Wildman–Crippen LogP) is 8.15. The van der Waals surface area contributed by atoms with Gasteiger partial charge in [0.1, 0.15) is 0 Å². The molecule has 0 atom stereocenters. The third kappa shape index (κ3) is 3.32. The molecule has 1 N–H and O–H groups in total. The molecule has 1 aliphatic heterocycles. The van der Waals surface area contributed by atoms with E-state index in [0.29, 0.717) is 5.56 Å². The van der Waals surface area contributed by atoms with Crippen LogP contribution >= 0.6 is 0 Å². The van der Waals surface area contributed by atoms with E-state index in [2.05, 4.69) is 78.6 Å². The van der Waals surface area contributed by atoms with Gasteiger partial charge in [-0.05, 0) is 41.1 Å². The summed E-state index contributed by atoms with van der Waals surface area (Å²) in [5, 5.41) is 1.12. The van der Waals surface area contributed by atoms with Crippen molar-refractivity contribution in [3.63, 3.8) is 0 Å². The second-order valence-corrected chi connectivity index (χ2v) is 8.70. The quantitative estimate of drug-likeness (QED) is 0.277. The van der Waals surface area contributed by atoms with Crippen LogP contribution in [0.25, 0.3) is 44.4 Å². The lowest BCUT2D eigenvalue weighted by molar-refractivity contribution is 0.104. The minimum absolute atomic E-state index is 0.0230. The highest BCUT2D eigenvalue weighted by molar-refractivity contribution is 6.22. The molecular formula is C32H23NO. The van der Waals surface area contributed by atoms with Crippen molar-refractivity contribution < 1.29 is 4.79 Å². The summed E-state index contributed by atoms with van der Waals surface area (Å²) in [6.07, 6.45) is 0. The lowest BCUT2D eigenvalue weighted by Crippen LogP contribution is -2.04. The predicted molar refractivity (Wildman–Crippen MR) is 140 cm³/mol. The van der Waals surface area contributed by atoms with E-state index < -0.39 is 0 Å². The normalized spacial score (nSPS) is 11.2. The van der Waals surface area contributed by atoms with Crippen LogP contribution in [0, 0.1) is 6.92 Å². The van der Waals surface area contributed by atoms with Crippen molar-refractivity contribution in [3.05, 3.63) is 132 Å². The van der Waals surface area contributed by atoms with Gasteiger partial charge < -0.3 is 4.98 Å². The van der Waals surface area contributed by atoms with Crippen molar-refractivity contribution in [2.45, 2.75) is 6.92 Å². The molecule has 2 heteroatoms. The third-order valence-corrected chi connectivity index (χ3v) is 6.47. The lowest BCUT2D eigenvalue weighted by atomic mass is 9.92. The Morgan fingerprint density at radius 3 is 2.00 bits per heavy atom. The number of carbonyl (C=O) groups is 1. The maximum absolute atomic E-state index is 14.1. The van der Waals surface area contributed by atoms with Gasteiger partial charge in [0, 0.05) is 22.2 Å². The first-order valence-electron chi connectivity index (χ1n) is 11.5. The van der Waals surface area contributed by atoms with Crippen molar-refractivity contribution in [2.75, 3.05) is 0 Å². The molecule has 0 fully saturated rings. The zero-order chi connectivity index (χ0) is 23.1. The molecule has 6 rings (SSSR count). The van der Waals surface area contributed by atoms with E-state index in [9.17, 15) is 4.79 Å². The minimum atomic E-state index is 0.0230. The number of H-pyrrole nitrogens is 1. The second kappa shape index (κ2) is 8.17. The zero-order valence-corrected chi connectivity index (χ0v) is 18.9. The fourth-order valence-corrected chi connectivity index (χ4v) is 4.82. The smallest absolute Gasteiger partial charge is 0.195 e. The first-order chi connectivity index (χ1) is 16.7. The fourth-order valence-electron chi connectivity index (χ4n) is 4.82. The summed E-state index contributed by atoms with van der Waals surface area (Å²) >= 11 is 0. The number of fused-ring (bicyclic) bond motifs is 2. The molecule has 4 aromatic carbocycles. The third-order valence-electron chi connectivity index (χ3n) is 6.47. The first-order valence-corrected chi connectivity index (χ1v) is 11.5. The summed E-state index contributed by atoms with van der Waals surface area (Å²) in [5.41, 5.74) is 9.73. The van der Waals surface area contributed by atoms with Gasteiger partial charge in [-0.2, -0.15) is 0 Å². The molecule has 0 aromatic heterocycles. The van der Waals surface area contributed by atoms with Crippen molar-refractivity contribution in [2.24, 2.45) is 0 Å². The van der Waals surface area contributed by atoms with Crippen LogP contribution in [0.1, 0.15) is 21.5 Å². The molecular weight excluding hydrogens is 414 g/mol. The molecule has 2 nitrogen and oxygen atoms in total. The molecule has 34 heavy (non-hydrogen) atoms. The lowest BCUT2D eigenvalue weighted by Gasteiger charge is -2.10. The highest BCUT2D eigenvalue weighted by Crippen LogP contribution is 2.49. The van der Waals surface area contributed by atoms with Gasteiger partial charge in [-0.15, -0.1) is 0 Å². The van der Waals surface area contributed by atoms with E-state index in [0.717, 1.165) is 50.0 Å². The number of hydrogen-bond donors (Lipinski definition) is 1. The van der Waals surface area contributed by atoms with Crippen molar-refractivity contribution in [1.82, 2.24) is 4.98 Å². The van der Waals surface area contributed by atoms with Crippen LogP contribution in [0.15, 0.2) is 115 Å². The van der Waals surface area contributed by atoms with E-state index >= 15 is 0 Å². The molecule has 0 spiro atoms. The standard InChI is InChI=1S/C32H23NO/c1-21-16-18-23(19-17-21)29-28(22-10-4-2-5-11-22)26-20-25-14-8-9-15-27(25)33-31(26)30(29)32(34)24-12-6-3-7-13-24/h2-20,33H,1H3. The second-order valence-electron chi connectivity index (χ2n) is 8.70. The van der Waals surface area contributed by atoms with Gasteiger partial charge in [0.25, 0.3) is 0 Å². The van der Waals surface area contributed by atoms with Gasteiger partial charge >= 0.3 is 0 Å². The van der Waals surface area contributed by atoms with Gasteiger partial charge in [0.2, 0.25) is 0 Å². The van der Waals surface area contributed by atoms with Crippen molar-refractivity contribution in [3.8, 4) is 33.5 Å². The number of ketones is 1.